The zero-order valence-corrected chi connectivity index (χ0v) is 9.53. The van der Waals surface area contributed by atoms with Gasteiger partial charge >= 0.3 is 0 Å². The minimum Gasteiger partial charge on any atom is -0.376 e. The van der Waals surface area contributed by atoms with Gasteiger partial charge in [0.1, 0.15) is 0 Å². The van der Waals surface area contributed by atoms with Gasteiger partial charge in [-0.2, -0.15) is 0 Å². The first-order valence-electron chi connectivity index (χ1n) is 5.61. The summed E-state index contributed by atoms with van der Waals surface area (Å²) in [7, 11) is 4.08. The highest BCUT2D eigenvalue weighted by Crippen LogP contribution is 2.22. The number of hydrogen-bond acceptors (Lipinski definition) is 3. The van der Waals surface area contributed by atoms with Crippen molar-refractivity contribution in [2.75, 3.05) is 32.1 Å². The van der Waals surface area contributed by atoms with Gasteiger partial charge in [0.2, 0.25) is 0 Å². The molecule has 0 aliphatic carbocycles. The van der Waals surface area contributed by atoms with Crippen molar-refractivity contribution in [3.05, 3.63) is 24.0 Å². The third kappa shape index (κ3) is 2.48. The molecule has 0 amide bonds. The van der Waals surface area contributed by atoms with Crippen LogP contribution in [0.2, 0.25) is 0 Å². The fourth-order valence-electron chi connectivity index (χ4n) is 2.01. The van der Waals surface area contributed by atoms with E-state index in [-0.39, 0.29) is 0 Å². The molecule has 3 heteroatoms. The highest BCUT2D eigenvalue weighted by Gasteiger charge is 2.15. The van der Waals surface area contributed by atoms with E-state index < -0.39 is 0 Å². The molecule has 1 aromatic rings. The smallest absolute Gasteiger partial charge is 0.0547 e. The van der Waals surface area contributed by atoms with Crippen LogP contribution in [0, 0.1) is 0 Å². The van der Waals surface area contributed by atoms with Crippen molar-refractivity contribution in [1.82, 2.24) is 10.3 Å². The molecule has 0 aromatic carbocycles. The van der Waals surface area contributed by atoms with Gasteiger partial charge in [-0.05, 0) is 31.5 Å². The highest BCUT2D eigenvalue weighted by molar-refractivity contribution is 5.42. The first-order chi connectivity index (χ1) is 7.27. The molecule has 1 aliphatic heterocycles. The molecule has 1 atom stereocenters. The molecule has 0 bridgehead atoms. The Morgan fingerprint density at radius 1 is 1.40 bits per heavy atom. The third-order valence-electron chi connectivity index (χ3n) is 3.00. The Morgan fingerprint density at radius 3 is 2.80 bits per heavy atom. The maximum Gasteiger partial charge on any atom is 0.0547 e. The van der Waals surface area contributed by atoms with Crippen molar-refractivity contribution in [3.63, 3.8) is 0 Å². The van der Waals surface area contributed by atoms with Crippen LogP contribution in [0.4, 0.5) is 5.69 Å². The van der Waals surface area contributed by atoms with Crippen molar-refractivity contribution in [2.24, 2.45) is 0 Å². The van der Waals surface area contributed by atoms with Crippen molar-refractivity contribution in [2.45, 2.75) is 18.8 Å². The van der Waals surface area contributed by atoms with Crippen LogP contribution in [0.5, 0.6) is 0 Å². The van der Waals surface area contributed by atoms with Gasteiger partial charge in [0, 0.05) is 32.3 Å². The molecule has 1 saturated heterocycles. The fraction of sp³-hybridized carbons (Fsp3) is 0.583. The molecule has 2 heterocycles. The summed E-state index contributed by atoms with van der Waals surface area (Å²) in [5.74, 6) is 0.606. The third-order valence-corrected chi connectivity index (χ3v) is 3.00. The van der Waals surface area contributed by atoms with Crippen molar-refractivity contribution in [1.29, 1.82) is 0 Å². The van der Waals surface area contributed by atoms with Crippen molar-refractivity contribution >= 4 is 5.69 Å². The molecule has 1 fully saturated rings. The van der Waals surface area contributed by atoms with E-state index in [2.05, 4.69) is 27.3 Å². The summed E-state index contributed by atoms with van der Waals surface area (Å²) in [5, 5.41) is 3.42. The summed E-state index contributed by atoms with van der Waals surface area (Å²) in [6.07, 6.45) is 4.49. The van der Waals surface area contributed by atoms with Gasteiger partial charge in [-0.1, -0.05) is 0 Å². The number of pyridine rings is 1. The number of anilines is 1. The summed E-state index contributed by atoms with van der Waals surface area (Å²) >= 11 is 0. The number of nitrogens with zero attached hydrogens (tertiary/aromatic N) is 2. The summed E-state index contributed by atoms with van der Waals surface area (Å²) in [6, 6.07) is 4.31. The summed E-state index contributed by atoms with van der Waals surface area (Å²) in [4.78, 5) is 6.62. The minimum absolute atomic E-state index is 0.606. The van der Waals surface area contributed by atoms with Gasteiger partial charge in [-0.25, -0.2) is 0 Å². The first kappa shape index (κ1) is 10.4. The lowest BCUT2D eigenvalue weighted by atomic mass is 9.96. The second kappa shape index (κ2) is 4.62. The van der Waals surface area contributed by atoms with Gasteiger partial charge in [0.05, 0.1) is 11.9 Å². The number of aromatic nitrogens is 1. The van der Waals surface area contributed by atoms with E-state index >= 15 is 0 Å². The van der Waals surface area contributed by atoms with Gasteiger partial charge in [-0.15, -0.1) is 0 Å². The van der Waals surface area contributed by atoms with E-state index in [1.807, 2.05) is 20.3 Å². The molecule has 15 heavy (non-hydrogen) atoms. The van der Waals surface area contributed by atoms with Gasteiger partial charge < -0.3 is 10.2 Å². The van der Waals surface area contributed by atoms with E-state index in [1.54, 1.807) is 0 Å². The second-order valence-corrected chi connectivity index (χ2v) is 4.38. The van der Waals surface area contributed by atoms with Gasteiger partial charge in [-0.3, -0.25) is 4.98 Å². The second-order valence-electron chi connectivity index (χ2n) is 4.38. The molecule has 1 aromatic heterocycles. The molecule has 3 nitrogen and oxygen atoms in total. The predicted octanol–water partition coefficient (Wildman–Crippen LogP) is 1.61. The van der Waals surface area contributed by atoms with Gasteiger partial charge in [0.25, 0.3) is 0 Å². The van der Waals surface area contributed by atoms with Crippen molar-refractivity contribution < 1.29 is 0 Å². The van der Waals surface area contributed by atoms with E-state index in [9.17, 15) is 0 Å². The Kier molecular flexibility index (Phi) is 3.21. The van der Waals surface area contributed by atoms with Gasteiger partial charge in [0.15, 0.2) is 0 Å². The Morgan fingerprint density at radius 2 is 2.27 bits per heavy atom. The lowest BCUT2D eigenvalue weighted by Crippen LogP contribution is -2.28. The molecule has 2 rings (SSSR count). The van der Waals surface area contributed by atoms with Crippen LogP contribution in [0.3, 0.4) is 0 Å². The van der Waals surface area contributed by atoms with E-state index in [1.165, 1.54) is 24.2 Å². The first-order valence-corrected chi connectivity index (χ1v) is 5.61. The number of nitrogens with one attached hydrogen (secondary N) is 1. The molecule has 1 aliphatic rings. The number of hydrogen-bond donors (Lipinski definition) is 1. The molecular formula is C12H19N3. The summed E-state index contributed by atoms with van der Waals surface area (Å²) in [5.41, 5.74) is 2.40. The Balaban J connectivity index is 2.08. The molecule has 82 valence electrons. The zero-order valence-electron chi connectivity index (χ0n) is 9.53. The van der Waals surface area contributed by atoms with Crippen LogP contribution < -0.4 is 10.2 Å². The van der Waals surface area contributed by atoms with E-state index in [0.29, 0.717) is 5.92 Å². The molecular weight excluding hydrogens is 186 g/mol. The van der Waals surface area contributed by atoms with Crippen molar-refractivity contribution in [3.8, 4) is 0 Å². The number of piperidine rings is 1. The Bertz CT molecular complexity index is 299. The lowest BCUT2D eigenvalue weighted by molar-refractivity contribution is 0.455. The average molecular weight is 205 g/mol. The zero-order chi connectivity index (χ0) is 10.7. The largest absolute Gasteiger partial charge is 0.376 e. The van der Waals surface area contributed by atoms with Crippen LogP contribution in [-0.4, -0.2) is 32.2 Å². The molecule has 0 saturated carbocycles. The standard InChI is InChI=1S/C12H19N3/c1-15(2)11-5-6-12(14-9-11)10-4-3-7-13-8-10/h5-6,9-10,13H,3-4,7-8H2,1-2H3/t10-/m1/s1. The number of rotatable bonds is 2. The maximum atomic E-state index is 4.54. The molecule has 1 N–H and O–H groups in total. The lowest BCUT2D eigenvalue weighted by Gasteiger charge is -2.22. The molecule has 0 radical (unpaired) electrons. The van der Waals surface area contributed by atoms with Crippen LogP contribution in [0.15, 0.2) is 18.3 Å². The summed E-state index contributed by atoms with van der Waals surface area (Å²) < 4.78 is 0. The molecule has 0 spiro atoms. The highest BCUT2D eigenvalue weighted by atomic mass is 15.1. The SMILES string of the molecule is CN(C)c1ccc([C@@H]2CCCNC2)nc1. The molecule has 0 unspecified atom stereocenters. The van der Waals surface area contributed by atoms with Crippen LogP contribution in [-0.2, 0) is 0 Å². The Labute approximate surface area is 91.5 Å². The fourth-order valence-corrected chi connectivity index (χ4v) is 2.01. The monoisotopic (exact) mass is 205 g/mol. The van der Waals surface area contributed by atoms with E-state index in [0.717, 1.165) is 13.1 Å². The van der Waals surface area contributed by atoms with Crippen LogP contribution in [0.25, 0.3) is 0 Å². The van der Waals surface area contributed by atoms with Crippen LogP contribution in [0.1, 0.15) is 24.5 Å². The quantitative estimate of drug-likeness (QED) is 0.795. The minimum atomic E-state index is 0.606. The van der Waals surface area contributed by atoms with E-state index in [4.69, 9.17) is 0 Å². The average Bonchev–Trinajstić information content (AvgIpc) is 2.30. The Hall–Kier alpha value is -1.09. The van der Waals surface area contributed by atoms with Crippen LogP contribution >= 0.6 is 0 Å². The topological polar surface area (TPSA) is 28.2 Å². The predicted molar refractivity (Wildman–Crippen MR) is 63.4 cm³/mol. The summed E-state index contributed by atoms with van der Waals surface area (Å²) in [6.45, 7) is 2.24. The normalized spacial score (nSPS) is 21.3. The maximum absolute atomic E-state index is 4.54.